The van der Waals surface area contributed by atoms with Crippen molar-refractivity contribution in [3.63, 3.8) is 0 Å². The van der Waals surface area contributed by atoms with E-state index in [0.29, 0.717) is 17.9 Å². The van der Waals surface area contributed by atoms with Crippen LogP contribution < -0.4 is 0 Å². The van der Waals surface area contributed by atoms with E-state index in [2.05, 4.69) is 23.6 Å². The van der Waals surface area contributed by atoms with Crippen LogP contribution in [0.2, 0.25) is 0 Å². The first-order chi connectivity index (χ1) is 8.16. The van der Waals surface area contributed by atoms with Crippen LogP contribution in [0.15, 0.2) is 0 Å². The van der Waals surface area contributed by atoms with Crippen molar-refractivity contribution in [1.29, 1.82) is 0 Å². The summed E-state index contributed by atoms with van der Waals surface area (Å²) < 4.78 is 0. The van der Waals surface area contributed by atoms with Crippen LogP contribution in [0.1, 0.15) is 46.0 Å². The number of rotatable bonds is 4. The summed E-state index contributed by atoms with van der Waals surface area (Å²) in [7, 11) is 0. The van der Waals surface area contributed by atoms with Crippen LogP contribution >= 0.6 is 0 Å². The first kappa shape index (κ1) is 12.9. The van der Waals surface area contributed by atoms with Crippen molar-refractivity contribution in [2.24, 2.45) is 5.92 Å². The fourth-order valence-corrected chi connectivity index (χ4v) is 3.08. The lowest BCUT2D eigenvalue weighted by molar-refractivity contribution is -0.133. The Morgan fingerprint density at radius 3 is 2.53 bits per heavy atom. The maximum atomic E-state index is 12.1. The van der Waals surface area contributed by atoms with E-state index in [0.717, 1.165) is 19.5 Å². The molecule has 0 radical (unpaired) electrons. The Morgan fingerprint density at radius 1 is 1.18 bits per heavy atom. The maximum Gasteiger partial charge on any atom is 0.223 e. The molecule has 3 heteroatoms. The summed E-state index contributed by atoms with van der Waals surface area (Å²) in [5, 5.41) is 0. The van der Waals surface area contributed by atoms with Gasteiger partial charge in [0.05, 0.1) is 0 Å². The third kappa shape index (κ3) is 3.44. The third-order valence-electron chi connectivity index (χ3n) is 3.95. The Balaban J connectivity index is 1.85. The molecule has 0 saturated carbocycles. The van der Waals surface area contributed by atoms with Gasteiger partial charge in [0.25, 0.3) is 0 Å². The van der Waals surface area contributed by atoms with Crippen molar-refractivity contribution < 1.29 is 4.79 Å². The van der Waals surface area contributed by atoms with Gasteiger partial charge in [-0.15, -0.1) is 0 Å². The van der Waals surface area contributed by atoms with E-state index in [9.17, 15) is 4.79 Å². The van der Waals surface area contributed by atoms with E-state index in [1.807, 2.05) is 0 Å². The van der Waals surface area contributed by atoms with Crippen LogP contribution in [0, 0.1) is 5.92 Å². The van der Waals surface area contributed by atoms with Crippen LogP contribution in [0.3, 0.4) is 0 Å². The van der Waals surface area contributed by atoms with Crippen LogP contribution in [0.5, 0.6) is 0 Å². The standard InChI is InChI=1S/C14H26N2O/c1-12(2)10-14(17)16-9-5-6-13(16)11-15-7-3-4-8-15/h12-13H,3-11H2,1-2H3/t13-/m0/s1. The summed E-state index contributed by atoms with van der Waals surface area (Å²) in [4.78, 5) is 16.8. The molecule has 0 aromatic rings. The number of hydrogen-bond acceptors (Lipinski definition) is 2. The predicted molar refractivity (Wildman–Crippen MR) is 69.9 cm³/mol. The molecule has 0 aromatic heterocycles. The van der Waals surface area contributed by atoms with Gasteiger partial charge in [-0.05, 0) is 44.7 Å². The molecular formula is C14H26N2O. The predicted octanol–water partition coefficient (Wildman–Crippen LogP) is 2.12. The molecule has 1 atom stereocenters. The molecule has 2 fully saturated rings. The first-order valence-corrected chi connectivity index (χ1v) is 7.18. The molecular weight excluding hydrogens is 212 g/mol. The minimum atomic E-state index is 0.377. The van der Waals surface area contributed by atoms with Crippen LogP contribution in [-0.4, -0.2) is 47.9 Å². The second kappa shape index (κ2) is 5.85. The fourth-order valence-electron chi connectivity index (χ4n) is 3.08. The minimum absolute atomic E-state index is 0.377. The Kier molecular flexibility index (Phi) is 4.43. The summed E-state index contributed by atoms with van der Waals surface area (Å²) in [5.74, 6) is 0.859. The Bertz CT molecular complexity index is 259. The molecule has 17 heavy (non-hydrogen) atoms. The van der Waals surface area contributed by atoms with E-state index < -0.39 is 0 Å². The molecule has 1 amide bonds. The van der Waals surface area contributed by atoms with E-state index >= 15 is 0 Å². The smallest absolute Gasteiger partial charge is 0.223 e. The van der Waals surface area contributed by atoms with E-state index in [4.69, 9.17) is 0 Å². The molecule has 2 aliphatic rings. The van der Waals surface area contributed by atoms with E-state index in [1.54, 1.807) is 0 Å². The van der Waals surface area contributed by atoms with Crippen molar-refractivity contribution in [2.75, 3.05) is 26.2 Å². The summed E-state index contributed by atoms with van der Waals surface area (Å²) in [5.41, 5.74) is 0. The second-order valence-corrected chi connectivity index (χ2v) is 5.99. The number of carbonyl (C=O) groups excluding carboxylic acids is 1. The summed E-state index contributed by atoms with van der Waals surface area (Å²) >= 11 is 0. The molecule has 0 aromatic carbocycles. The zero-order valence-electron chi connectivity index (χ0n) is 11.3. The molecule has 0 bridgehead atoms. The number of nitrogens with zero attached hydrogens (tertiary/aromatic N) is 2. The highest BCUT2D eigenvalue weighted by Crippen LogP contribution is 2.22. The van der Waals surface area contributed by atoms with Gasteiger partial charge in [-0.2, -0.15) is 0 Å². The monoisotopic (exact) mass is 238 g/mol. The summed E-state index contributed by atoms with van der Waals surface area (Å²) in [6.07, 6.45) is 5.80. The average molecular weight is 238 g/mol. The Morgan fingerprint density at radius 2 is 1.88 bits per heavy atom. The van der Waals surface area contributed by atoms with E-state index in [-0.39, 0.29) is 0 Å². The molecule has 2 heterocycles. The molecule has 2 saturated heterocycles. The molecule has 98 valence electrons. The highest BCUT2D eigenvalue weighted by molar-refractivity contribution is 5.77. The zero-order chi connectivity index (χ0) is 12.3. The van der Waals surface area contributed by atoms with Crippen LogP contribution in [0.25, 0.3) is 0 Å². The third-order valence-corrected chi connectivity index (χ3v) is 3.95. The number of likely N-dealkylation sites (tertiary alicyclic amines) is 2. The highest BCUT2D eigenvalue weighted by atomic mass is 16.2. The van der Waals surface area contributed by atoms with Gasteiger partial charge in [-0.25, -0.2) is 0 Å². The van der Waals surface area contributed by atoms with Gasteiger partial charge in [-0.1, -0.05) is 13.8 Å². The van der Waals surface area contributed by atoms with Gasteiger partial charge < -0.3 is 9.80 Å². The fraction of sp³-hybridized carbons (Fsp3) is 0.929. The minimum Gasteiger partial charge on any atom is -0.338 e. The molecule has 0 aliphatic carbocycles. The molecule has 2 aliphatic heterocycles. The van der Waals surface area contributed by atoms with Gasteiger partial charge >= 0.3 is 0 Å². The maximum absolute atomic E-state index is 12.1. The van der Waals surface area contributed by atoms with Crippen molar-refractivity contribution in [3.05, 3.63) is 0 Å². The number of hydrogen-bond donors (Lipinski definition) is 0. The second-order valence-electron chi connectivity index (χ2n) is 5.99. The van der Waals surface area contributed by atoms with Gasteiger partial charge in [-0.3, -0.25) is 4.79 Å². The summed E-state index contributed by atoms with van der Waals surface area (Å²) in [6, 6.07) is 0.499. The summed E-state index contributed by atoms with van der Waals surface area (Å²) in [6.45, 7) is 8.84. The normalized spacial score (nSPS) is 26.1. The lowest BCUT2D eigenvalue weighted by Crippen LogP contribution is -2.42. The van der Waals surface area contributed by atoms with Crippen molar-refractivity contribution >= 4 is 5.91 Å². The lowest BCUT2D eigenvalue weighted by Gasteiger charge is -2.29. The Hall–Kier alpha value is -0.570. The van der Waals surface area contributed by atoms with Gasteiger partial charge in [0.1, 0.15) is 0 Å². The molecule has 0 N–H and O–H groups in total. The Labute approximate surface area is 105 Å². The lowest BCUT2D eigenvalue weighted by atomic mass is 10.1. The van der Waals surface area contributed by atoms with Gasteiger partial charge in [0.2, 0.25) is 5.91 Å². The number of carbonyl (C=O) groups is 1. The van der Waals surface area contributed by atoms with Crippen molar-refractivity contribution in [2.45, 2.75) is 52.0 Å². The molecule has 2 rings (SSSR count). The van der Waals surface area contributed by atoms with Crippen LogP contribution in [-0.2, 0) is 4.79 Å². The molecule has 0 unspecified atom stereocenters. The average Bonchev–Trinajstić information content (AvgIpc) is 2.88. The number of amides is 1. The molecule has 0 spiro atoms. The van der Waals surface area contributed by atoms with E-state index in [1.165, 1.54) is 38.8 Å². The SMILES string of the molecule is CC(C)CC(=O)N1CCC[C@H]1CN1CCCC1. The van der Waals surface area contributed by atoms with Crippen molar-refractivity contribution in [1.82, 2.24) is 9.80 Å². The largest absolute Gasteiger partial charge is 0.338 e. The van der Waals surface area contributed by atoms with Gasteiger partial charge in [0.15, 0.2) is 0 Å². The quantitative estimate of drug-likeness (QED) is 0.749. The van der Waals surface area contributed by atoms with Crippen LogP contribution in [0.4, 0.5) is 0 Å². The van der Waals surface area contributed by atoms with Crippen molar-refractivity contribution in [3.8, 4) is 0 Å². The van der Waals surface area contributed by atoms with Gasteiger partial charge in [0, 0.05) is 25.6 Å². The molecule has 3 nitrogen and oxygen atoms in total. The first-order valence-electron chi connectivity index (χ1n) is 7.18. The highest BCUT2D eigenvalue weighted by Gasteiger charge is 2.30. The topological polar surface area (TPSA) is 23.6 Å². The zero-order valence-corrected chi connectivity index (χ0v) is 11.3.